The van der Waals surface area contributed by atoms with E-state index in [4.69, 9.17) is 9.54 Å². The van der Waals surface area contributed by atoms with Crippen LogP contribution in [-0.4, -0.2) is 45.9 Å². The smallest absolute Gasteiger partial charge is 0.261 e. The van der Waals surface area contributed by atoms with Crippen molar-refractivity contribution in [2.45, 2.75) is 0 Å². The first-order chi connectivity index (χ1) is 14.9. The molecule has 0 radical (unpaired) electrons. The summed E-state index contributed by atoms with van der Waals surface area (Å²) in [5.74, 6) is 0. The topological polar surface area (TPSA) is 117 Å². The number of hydrogen-bond donors (Lipinski definition) is 2. The van der Waals surface area contributed by atoms with E-state index in [1.807, 2.05) is 55.6 Å². The van der Waals surface area contributed by atoms with Crippen LogP contribution in [0.3, 0.4) is 0 Å². The number of pyridine rings is 1. The Hall–Kier alpha value is -3.21. The van der Waals surface area contributed by atoms with Crippen molar-refractivity contribution in [3.8, 4) is 0 Å². The number of para-hydroxylation sites is 2. The normalized spacial score (nSPS) is 11.6. The lowest BCUT2D eigenvalue weighted by atomic mass is 10.1. The number of sulfonamides is 1. The van der Waals surface area contributed by atoms with Crippen LogP contribution in [-0.2, 0) is 20.1 Å². The lowest BCUT2D eigenvalue weighted by Gasteiger charge is -2.23. The molecular formula is C22H23N3O5S2. The molecule has 10 heteroatoms. The second kappa shape index (κ2) is 9.11. The molecule has 0 atom stereocenters. The minimum absolute atomic E-state index is 0.541. The third kappa shape index (κ3) is 6.16. The van der Waals surface area contributed by atoms with E-state index in [1.54, 1.807) is 12.1 Å². The molecule has 0 unspecified atom stereocenters. The van der Waals surface area contributed by atoms with Gasteiger partial charge in [0.1, 0.15) is 0 Å². The van der Waals surface area contributed by atoms with Crippen LogP contribution in [0.5, 0.6) is 0 Å². The second-order valence-electron chi connectivity index (χ2n) is 7.21. The van der Waals surface area contributed by atoms with Crippen molar-refractivity contribution in [1.82, 2.24) is 4.98 Å². The maximum absolute atomic E-state index is 11.4. The van der Waals surface area contributed by atoms with Crippen LogP contribution in [0, 0.1) is 0 Å². The molecule has 0 saturated carbocycles. The molecule has 3 aromatic carbocycles. The molecule has 2 N–H and O–H groups in total. The fourth-order valence-electron chi connectivity index (χ4n) is 3.28. The summed E-state index contributed by atoms with van der Waals surface area (Å²) in [6.07, 6.45) is 1.86. The zero-order chi connectivity index (χ0) is 23.5. The number of nitrogens with one attached hydrogen (secondary N) is 1. The first-order valence-electron chi connectivity index (χ1n) is 9.44. The first-order valence-corrected chi connectivity index (χ1v) is 13.2. The van der Waals surface area contributed by atoms with Gasteiger partial charge in [-0.2, -0.15) is 8.42 Å². The highest BCUT2D eigenvalue weighted by atomic mass is 32.2. The zero-order valence-electron chi connectivity index (χ0n) is 17.7. The molecule has 0 bridgehead atoms. The summed E-state index contributed by atoms with van der Waals surface area (Å²) < 4.78 is 51.2. The summed E-state index contributed by atoms with van der Waals surface area (Å²) >= 11 is 0. The van der Waals surface area contributed by atoms with Crippen molar-refractivity contribution in [2.24, 2.45) is 0 Å². The van der Waals surface area contributed by atoms with E-state index in [0.29, 0.717) is 11.9 Å². The van der Waals surface area contributed by atoms with Gasteiger partial charge in [-0.3, -0.25) is 9.27 Å². The summed E-state index contributed by atoms with van der Waals surface area (Å²) in [5.41, 5.74) is 4.44. The van der Waals surface area contributed by atoms with Gasteiger partial charge in [-0.1, -0.05) is 36.4 Å². The molecule has 8 nitrogen and oxygen atoms in total. The minimum atomic E-state index is -3.67. The summed E-state index contributed by atoms with van der Waals surface area (Å²) in [7, 11) is -4.95. The Kier molecular flexibility index (Phi) is 6.68. The maximum atomic E-state index is 11.4. The summed E-state index contributed by atoms with van der Waals surface area (Å²) in [6, 6.07) is 23.5. The lowest BCUT2D eigenvalue weighted by Crippen LogP contribution is -2.12. The SMILES string of the molecule is CN(c1ccc(NS(C)(=O)=O)cc1)c1c2ccccc2nc2ccccc12.CS(=O)(=O)O. The fourth-order valence-corrected chi connectivity index (χ4v) is 3.84. The quantitative estimate of drug-likeness (QED) is 0.339. The van der Waals surface area contributed by atoms with E-state index >= 15 is 0 Å². The number of anilines is 3. The van der Waals surface area contributed by atoms with Crippen molar-refractivity contribution in [1.29, 1.82) is 0 Å². The Morgan fingerprint density at radius 3 is 1.66 bits per heavy atom. The average molecular weight is 474 g/mol. The van der Waals surface area contributed by atoms with Gasteiger partial charge < -0.3 is 4.90 Å². The molecule has 0 aliphatic carbocycles. The standard InChI is InChI=1S/C21H19N3O2S.CH4O3S/c1-24(16-13-11-15(12-14-16)23-27(2,25)26)21-17-7-3-5-9-19(17)22-20-10-6-4-8-18(20)21;1-5(2,3)4/h3-14,23H,1-2H3;1H3,(H,2,3,4). The Morgan fingerprint density at radius 1 is 0.781 bits per heavy atom. The molecular weight excluding hydrogens is 450 g/mol. The van der Waals surface area contributed by atoms with Gasteiger partial charge in [-0.05, 0) is 36.4 Å². The maximum Gasteiger partial charge on any atom is 0.261 e. The van der Waals surface area contributed by atoms with Crippen LogP contribution in [0.2, 0.25) is 0 Å². The monoisotopic (exact) mass is 473 g/mol. The van der Waals surface area contributed by atoms with Crippen molar-refractivity contribution in [3.63, 3.8) is 0 Å². The molecule has 0 fully saturated rings. The van der Waals surface area contributed by atoms with E-state index in [0.717, 1.165) is 39.4 Å². The van der Waals surface area contributed by atoms with Crippen molar-refractivity contribution in [3.05, 3.63) is 72.8 Å². The van der Waals surface area contributed by atoms with Crippen molar-refractivity contribution >= 4 is 59.0 Å². The largest absolute Gasteiger partial charge is 0.344 e. The minimum Gasteiger partial charge on any atom is -0.344 e. The van der Waals surface area contributed by atoms with E-state index < -0.39 is 20.1 Å². The third-order valence-electron chi connectivity index (χ3n) is 4.45. The number of benzene rings is 3. The van der Waals surface area contributed by atoms with E-state index in [9.17, 15) is 16.8 Å². The molecule has 0 saturated heterocycles. The van der Waals surface area contributed by atoms with Gasteiger partial charge in [0.05, 0.1) is 29.2 Å². The molecule has 4 aromatic rings. The van der Waals surface area contributed by atoms with Gasteiger partial charge in [0.2, 0.25) is 10.0 Å². The second-order valence-corrected chi connectivity index (χ2v) is 10.4. The van der Waals surface area contributed by atoms with Crippen LogP contribution in [0.25, 0.3) is 21.8 Å². The Morgan fingerprint density at radius 2 is 1.22 bits per heavy atom. The Bertz CT molecular complexity index is 1410. The van der Waals surface area contributed by atoms with E-state index in [-0.39, 0.29) is 0 Å². The molecule has 168 valence electrons. The summed E-state index contributed by atoms with van der Waals surface area (Å²) in [4.78, 5) is 6.87. The van der Waals surface area contributed by atoms with Crippen LogP contribution >= 0.6 is 0 Å². The highest BCUT2D eigenvalue weighted by molar-refractivity contribution is 7.92. The predicted octanol–water partition coefficient (Wildman–Crippen LogP) is 4.03. The molecule has 0 amide bonds. The van der Waals surface area contributed by atoms with E-state index in [2.05, 4.69) is 21.8 Å². The number of aromatic nitrogens is 1. The summed E-state index contributed by atoms with van der Waals surface area (Å²) in [6.45, 7) is 0. The molecule has 32 heavy (non-hydrogen) atoms. The first kappa shape index (κ1) is 23.5. The van der Waals surface area contributed by atoms with Crippen LogP contribution < -0.4 is 9.62 Å². The molecule has 0 aliphatic heterocycles. The highest BCUT2D eigenvalue weighted by Gasteiger charge is 2.14. The van der Waals surface area contributed by atoms with E-state index in [1.165, 1.54) is 0 Å². The van der Waals surface area contributed by atoms with Gasteiger partial charge in [0, 0.05) is 29.2 Å². The molecule has 0 spiro atoms. The lowest BCUT2D eigenvalue weighted by molar-refractivity contribution is 0.490. The molecule has 1 aromatic heterocycles. The number of hydrogen-bond acceptors (Lipinski definition) is 6. The Balaban J connectivity index is 0.000000523. The average Bonchev–Trinajstić information content (AvgIpc) is 2.69. The van der Waals surface area contributed by atoms with Crippen LogP contribution in [0.15, 0.2) is 72.8 Å². The van der Waals surface area contributed by atoms with Gasteiger partial charge in [0.15, 0.2) is 0 Å². The zero-order valence-corrected chi connectivity index (χ0v) is 19.4. The third-order valence-corrected chi connectivity index (χ3v) is 5.06. The highest BCUT2D eigenvalue weighted by Crippen LogP contribution is 2.36. The Labute approximate surface area is 187 Å². The number of rotatable bonds is 4. The molecule has 0 aliphatic rings. The molecule has 1 heterocycles. The number of nitrogens with zero attached hydrogens (tertiary/aromatic N) is 2. The fraction of sp³-hybridized carbons (Fsp3) is 0.136. The molecule has 4 rings (SSSR count). The number of fused-ring (bicyclic) bond motifs is 2. The van der Waals surface area contributed by atoms with Gasteiger partial charge >= 0.3 is 0 Å². The van der Waals surface area contributed by atoms with Crippen molar-refractivity contribution in [2.75, 3.05) is 29.2 Å². The van der Waals surface area contributed by atoms with Gasteiger partial charge in [0.25, 0.3) is 10.1 Å². The van der Waals surface area contributed by atoms with Crippen molar-refractivity contribution < 1.29 is 21.4 Å². The van der Waals surface area contributed by atoms with Crippen LogP contribution in [0.1, 0.15) is 0 Å². The predicted molar refractivity (Wildman–Crippen MR) is 130 cm³/mol. The summed E-state index contributed by atoms with van der Waals surface area (Å²) in [5, 5.41) is 2.13. The van der Waals surface area contributed by atoms with Gasteiger partial charge in [-0.15, -0.1) is 0 Å². The van der Waals surface area contributed by atoms with Gasteiger partial charge in [-0.25, -0.2) is 13.4 Å². The van der Waals surface area contributed by atoms with Crippen LogP contribution in [0.4, 0.5) is 17.1 Å².